The third-order valence-electron chi connectivity index (χ3n) is 4.27. The summed E-state index contributed by atoms with van der Waals surface area (Å²) in [5, 5.41) is 7.68. The van der Waals surface area contributed by atoms with Crippen LogP contribution in [-0.4, -0.2) is 48.1 Å². The van der Waals surface area contributed by atoms with Crippen LogP contribution in [0.15, 0.2) is 40.5 Å². The van der Waals surface area contributed by atoms with E-state index in [4.69, 9.17) is 32.2 Å². The first-order valence-electron chi connectivity index (χ1n) is 9.16. The third kappa shape index (κ3) is 5.48. The number of amidine groups is 1. The fraction of sp³-hybridized carbons (Fsp3) is 0.350. The topological polar surface area (TPSA) is 132 Å². The minimum Gasteiger partial charge on any atom is -0.465 e. The fourth-order valence-corrected chi connectivity index (χ4v) is 3.87. The van der Waals surface area contributed by atoms with Crippen molar-refractivity contribution >= 4 is 52.5 Å². The van der Waals surface area contributed by atoms with Crippen molar-refractivity contribution in [1.29, 1.82) is 5.41 Å². The number of nitrogens with two attached hydrogens (primary N) is 1. The molecule has 2 atom stereocenters. The summed E-state index contributed by atoms with van der Waals surface area (Å²) in [6.45, 7) is 3.49. The van der Waals surface area contributed by atoms with Crippen LogP contribution in [-0.2, 0) is 23.9 Å². The van der Waals surface area contributed by atoms with Crippen LogP contribution in [0.2, 0.25) is 5.02 Å². The van der Waals surface area contributed by atoms with Crippen LogP contribution < -0.4 is 5.73 Å². The van der Waals surface area contributed by atoms with Crippen molar-refractivity contribution in [3.8, 4) is 0 Å². The maximum atomic E-state index is 12.9. The number of hydrogen-bond donors (Lipinski definition) is 2. The van der Waals surface area contributed by atoms with Crippen molar-refractivity contribution in [2.24, 2.45) is 16.6 Å². The molecule has 2 unspecified atom stereocenters. The minimum atomic E-state index is -1.15. The fourth-order valence-electron chi connectivity index (χ4n) is 3.16. The lowest BCUT2D eigenvalue weighted by Gasteiger charge is -2.31. The highest BCUT2D eigenvalue weighted by molar-refractivity contribution is 8.13. The lowest BCUT2D eigenvalue weighted by atomic mass is 9.75. The molecule has 0 fully saturated rings. The van der Waals surface area contributed by atoms with Gasteiger partial charge in [0.1, 0.15) is 5.92 Å². The van der Waals surface area contributed by atoms with Crippen LogP contribution >= 0.6 is 23.4 Å². The molecule has 0 spiro atoms. The van der Waals surface area contributed by atoms with E-state index in [0.717, 1.165) is 11.8 Å². The zero-order valence-corrected chi connectivity index (χ0v) is 18.1. The summed E-state index contributed by atoms with van der Waals surface area (Å²) in [6, 6.07) is 6.65. The third-order valence-corrected chi connectivity index (χ3v) is 5.23. The number of esters is 2. The molecule has 0 radical (unpaired) electrons. The van der Waals surface area contributed by atoms with E-state index in [1.807, 2.05) is 0 Å². The van der Waals surface area contributed by atoms with Gasteiger partial charge in [0.2, 0.25) is 0 Å². The van der Waals surface area contributed by atoms with Gasteiger partial charge in [0.05, 0.1) is 30.2 Å². The summed E-state index contributed by atoms with van der Waals surface area (Å²) < 4.78 is 10.4. The second kappa shape index (κ2) is 10.9. The predicted molar refractivity (Wildman–Crippen MR) is 116 cm³/mol. The van der Waals surface area contributed by atoms with E-state index in [1.54, 1.807) is 38.1 Å². The van der Waals surface area contributed by atoms with Gasteiger partial charge in [0.15, 0.2) is 11.5 Å². The summed E-state index contributed by atoms with van der Waals surface area (Å²) >= 11 is 7.09. The average molecular weight is 452 g/mol. The minimum absolute atomic E-state index is 0.0490. The number of carbonyl (C=O) groups is 3. The summed E-state index contributed by atoms with van der Waals surface area (Å²) in [4.78, 5) is 41.8. The number of hydrogen-bond acceptors (Lipinski definition) is 8. The Morgan fingerprint density at radius 1 is 1.30 bits per heavy atom. The Morgan fingerprint density at radius 2 is 2.00 bits per heavy atom. The molecule has 1 aromatic rings. The predicted octanol–water partition coefficient (Wildman–Crippen LogP) is 2.70. The van der Waals surface area contributed by atoms with E-state index in [0.29, 0.717) is 16.9 Å². The molecule has 0 bridgehead atoms. The molecule has 30 heavy (non-hydrogen) atoms. The van der Waals surface area contributed by atoms with Crippen molar-refractivity contribution in [1.82, 2.24) is 0 Å². The molecule has 8 nitrogen and oxygen atoms in total. The molecule has 0 aromatic heterocycles. The highest BCUT2D eigenvalue weighted by Gasteiger charge is 2.44. The van der Waals surface area contributed by atoms with Gasteiger partial charge in [-0.2, -0.15) is 0 Å². The lowest BCUT2D eigenvalue weighted by molar-refractivity contribution is -0.146. The number of ether oxygens (including phenoxy) is 2. The molecule has 0 amide bonds. The number of benzene rings is 1. The molecular formula is C20H22ClN3O5S. The summed E-state index contributed by atoms with van der Waals surface area (Å²) in [5.41, 5.74) is 6.21. The molecule has 160 valence electrons. The standard InChI is InChI=1S/C20H22ClN3O5S/c1-3-28-18(26)16-13(9-25)24-14(10-30-20(22)23)17(19(27)29-4-2)15(16)11-6-5-7-12(21)8-11/h5-9,15-16H,3-4,10H2,1-2H3,(H3,22,23). The van der Waals surface area contributed by atoms with Crippen LogP contribution in [0.4, 0.5) is 0 Å². The molecule has 1 aromatic carbocycles. The second-order valence-electron chi connectivity index (χ2n) is 6.15. The first kappa shape index (κ1) is 23.6. The molecule has 0 aliphatic carbocycles. The van der Waals surface area contributed by atoms with Gasteiger partial charge in [-0.25, -0.2) is 4.79 Å². The molecule has 0 saturated carbocycles. The lowest BCUT2D eigenvalue weighted by Crippen LogP contribution is -2.39. The van der Waals surface area contributed by atoms with E-state index in [9.17, 15) is 14.4 Å². The van der Waals surface area contributed by atoms with Crippen LogP contribution in [0.1, 0.15) is 25.3 Å². The summed E-state index contributed by atoms with van der Waals surface area (Å²) in [6.07, 6.45) is 0.472. The number of carbonyl (C=O) groups excluding carboxylic acids is 3. The molecule has 2 rings (SSSR count). The van der Waals surface area contributed by atoms with Gasteiger partial charge in [0.25, 0.3) is 0 Å². The summed E-state index contributed by atoms with van der Waals surface area (Å²) in [5.74, 6) is -3.36. The zero-order chi connectivity index (χ0) is 22.3. The highest BCUT2D eigenvalue weighted by atomic mass is 35.5. The molecule has 10 heteroatoms. The normalized spacial score (nSPS) is 18.4. The van der Waals surface area contributed by atoms with E-state index >= 15 is 0 Å². The van der Waals surface area contributed by atoms with E-state index in [2.05, 4.69) is 4.99 Å². The smallest absolute Gasteiger partial charge is 0.336 e. The summed E-state index contributed by atoms with van der Waals surface area (Å²) in [7, 11) is 0. The van der Waals surface area contributed by atoms with Crippen LogP contribution in [0.3, 0.4) is 0 Å². The van der Waals surface area contributed by atoms with Crippen molar-refractivity contribution in [2.45, 2.75) is 19.8 Å². The molecule has 3 N–H and O–H groups in total. The first-order chi connectivity index (χ1) is 14.3. The van der Waals surface area contributed by atoms with Crippen molar-refractivity contribution in [3.05, 3.63) is 46.1 Å². The first-order valence-corrected chi connectivity index (χ1v) is 10.5. The number of nitrogens with zero attached hydrogens (tertiary/aromatic N) is 1. The van der Waals surface area contributed by atoms with Gasteiger partial charge < -0.3 is 15.2 Å². The van der Waals surface area contributed by atoms with Gasteiger partial charge in [-0.1, -0.05) is 35.5 Å². The van der Waals surface area contributed by atoms with E-state index in [1.165, 1.54) is 0 Å². The second-order valence-corrected chi connectivity index (χ2v) is 7.60. The van der Waals surface area contributed by atoms with Gasteiger partial charge >= 0.3 is 11.9 Å². The van der Waals surface area contributed by atoms with Gasteiger partial charge in [-0.15, -0.1) is 0 Å². The van der Waals surface area contributed by atoms with E-state index < -0.39 is 23.8 Å². The number of thioether (sulfide) groups is 1. The van der Waals surface area contributed by atoms with Crippen LogP contribution in [0.25, 0.3) is 0 Å². The number of aliphatic imine (C=N–C) groups is 1. The maximum Gasteiger partial charge on any atom is 0.336 e. The van der Waals surface area contributed by atoms with Gasteiger partial charge in [-0.05, 0) is 31.5 Å². The number of halogens is 1. The van der Waals surface area contributed by atoms with Crippen molar-refractivity contribution in [2.75, 3.05) is 19.0 Å². The SMILES string of the molecule is CCOC(=O)C1=C(CSC(=N)N)N=C(C=O)C(C(=O)OCC)C1c1cccc(Cl)c1. The van der Waals surface area contributed by atoms with Crippen LogP contribution in [0, 0.1) is 11.3 Å². The molecule has 1 heterocycles. The van der Waals surface area contributed by atoms with Gasteiger partial charge in [-0.3, -0.25) is 20.0 Å². The monoisotopic (exact) mass is 451 g/mol. The Labute approximate surface area is 183 Å². The Morgan fingerprint density at radius 3 is 2.57 bits per heavy atom. The Bertz CT molecular complexity index is 915. The molecule has 1 aliphatic rings. The van der Waals surface area contributed by atoms with Crippen molar-refractivity contribution in [3.63, 3.8) is 0 Å². The van der Waals surface area contributed by atoms with E-state index in [-0.39, 0.29) is 41.1 Å². The molecule has 0 saturated heterocycles. The Kier molecular flexibility index (Phi) is 8.61. The molecule has 1 aliphatic heterocycles. The quantitative estimate of drug-likeness (QED) is 0.269. The van der Waals surface area contributed by atoms with Gasteiger partial charge in [0, 0.05) is 16.7 Å². The average Bonchev–Trinajstić information content (AvgIpc) is 2.71. The number of nitrogens with one attached hydrogen (secondary N) is 1. The van der Waals surface area contributed by atoms with Crippen molar-refractivity contribution < 1.29 is 23.9 Å². The number of aldehydes is 1. The highest BCUT2D eigenvalue weighted by Crippen LogP contribution is 2.41. The Balaban J connectivity index is 2.76. The molecular weight excluding hydrogens is 430 g/mol. The maximum absolute atomic E-state index is 12.9. The van der Waals surface area contributed by atoms with Crippen LogP contribution in [0.5, 0.6) is 0 Å². The number of rotatable bonds is 8. The zero-order valence-electron chi connectivity index (χ0n) is 16.5. The largest absolute Gasteiger partial charge is 0.465 e. The Hall–Kier alpha value is -2.65.